The summed E-state index contributed by atoms with van der Waals surface area (Å²) in [6.45, 7) is 8.13. The van der Waals surface area contributed by atoms with Crippen molar-refractivity contribution in [2.45, 2.75) is 34.2 Å². The standard InChI is InChI=1S/C6H8N2OS.C2H6/c1-4-5(2)10-6(8-4)3-7-9;1-2/h3H2,1-2H3;1-2H3. The molecule has 0 saturated carbocycles. The van der Waals surface area contributed by atoms with Crippen molar-refractivity contribution in [3.05, 3.63) is 20.5 Å². The van der Waals surface area contributed by atoms with Gasteiger partial charge in [-0.2, -0.15) is 4.91 Å². The summed E-state index contributed by atoms with van der Waals surface area (Å²) in [6.07, 6.45) is 0. The van der Waals surface area contributed by atoms with Crippen LogP contribution in [0, 0.1) is 18.8 Å². The summed E-state index contributed by atoms with van der Waals surface area (Å²) in [5.41, 5.74) is 1.00. The summed E-state index contributed by atoms with van der Waals surface area (Å²) in [7, 11) is 0. The molecule has 0 spiro atoms. The Hall–Kier alpha value is -0.770. The second kappa shape index (κ2) is 5.83. The van der Waals surface area contributed by atoms with E-state index in [1.165, 1.54) is 16.2 Å². The lowest BCUT2D eigenvalue weighted by Crippen LogP contribution is -1.77. The van der Waals surface area contributed by atoms with Gasteiger partial charge in [0.15, 0.2) is 0 Å². The molecule has 0 amide bonds. The van der Waals surface area contributed by atoms with Gasteiger partial charge in [0, 0.05) is 4.88 Å². The highest BCUT2D eigenvalue weighted by atomic mass is 32.1. The monoisotopic (exact) mass is 186 g/mol. The van der Waals surface area contributed by atoms with Gasteiger partial charge in [0.05, 0.1) is 5.69 Å². The molecule has 0 aromatic carbocycles. The Morgan fingerprint density at radius 1 is 1.42 bits per heavy atom. The number of aromatic nitrogens is 1. The average Bonchev–Trinajstić information content (AvgIpc) is 2.36. The minimum absolute atomic E-state index is 0.208. The fourth-order valence-corrected chi connectivity index (χ4v) is 1.51. The van der Waals surface area contributed by atoms with Gasteiger partial charge in [-0.3, -0.25) is 0 Å². The highest BCUT2D eigenvalue weighted by Gasteiger charge is 2.01. The molecule has 3 nitrogen and oxygen atoms in total. The first-order chi connectivity index (χ1) is 5.74. The third kappa shape index (κ3) is 3.09. The van der Waals surface area contributed by atoms with Crippen LogP contribution in [0.3, 0.4) is 0 Å². The van der Waals surface area contributed by atoms with E-state index in [1.54, 1.807) is 0 Å². The fourth-order valence-electron chi connectivity index (χ4n) is 0.662. The van der Waals surface area contributed by atoms with Crippen LogP contribution in [0.5, 0.6) is 0 Å². The SMILES string of the molecule is CC.Cc1nc(CN=O)sc1C. The quantitative estimate of drug-likeness (QED) is 0.666. The molecule has 0 radical (unpaired) electrons. The lowest BCUT2D eigenvalue weighted by atomic mass is 10.4. The van der Waals surface area contributed by atoms with E-state index in [-0.39, 0.29) is 6.54 Å². The molecule has 0 aliphatic carbocycles. The molecule has 0 aliphatic heterocycles. The van der Waals surface area contributed by atoms with Crippen molar-refractivity contribution in [2.75, 3.05) is 0 Å². The largest absolute Gasteiger partial charge is 0.244 e. The van der Waals surface area contributed by atoms with Gasteiger partial charge < -0.3 is 0 Å². The van der Waals surface area contributed by atoms with Gasteiger partial charge in [0.25, 0.3) is 0 Å². The van der Waals surface area contributed by atoms with Gasteiger partial charge in [0.1, 0.15) is 11.6 Å². The Bertz CT molecular complexity index is 226. The summed E-state index contributed by atoms with van der Waals surface area (Å²) in [6, 6.07) is 0. The Morgan fingerprint density at radius 2 is 2.00 bits per heavy atom. The number of rotatable bonds is 2. The number of aryl methyl sites for hydroxylation is 2. The lowest BCUT2D eigenvalue weighted by molar-refractivity contribution is 1.01. The van der Waals surface area contributed by atoms with E-state index in [1.807, 2.05) is 27.7 Å². The van der Waals surface area contributed by atoms with Gasteiger partial charge in [-0.05, 0) is 13.8 Å². The molecule has 4 heteroatoms. The van der Waals surface area contributed by atoms with E-state index in [0.717, 1.165) is 10.7 Å². The molecule has 12 heavy (non-hydrogen) atoms. The van der Waals surface area contributed by atoms with Gasteiger partial charge >= 0.3 is 0 Å². The van der Waals surface area contributed by atoms with Crippen molar-refractivity contribution in [1.29, 1.82) is 0 Å². The van der Waals surface area contributed by atoms with Crippen molar-refractivity contribution in [2.24, 2.45) is 5.18 Å². The minimum Gasteiger partial charge on any atom is -0.244 e. The van der Waals surface area contributed by atoms with Gasteiger partial charge in [-0.15, -0.1) is 11.3 Å². The first-order valence-electron chi connectivity index (χ1n) is 3.96. The highest BCUT2D eigenvalue weighted by molar-refractivity contribution is 7.11. The van der Waals surface area contributed by atoms with Crippen LogP contribution in [0.2, 0.25) is 0 Å². The number of nitroso groups, excluding NO2 is 1. The van der Waals surface area contributed by atoms with Crippen LogP contribution in [-0.4, -0.2) is 4.98 Å². The Labute approximate surface area is 76.8 Å². The van der Waals surface area contributed by atoms with Crippen molar-refractivity contribution in [3.63, 3.8) is 0 Å². The zero-order valence-electron chi connectivity index (χ0n) is 7.92. The van der Waals surface area contributed by atoms with Crippen molar-refractivity contribution >= 4 is 11.3 Å². The zero-order valence-corrected chi connectivity index (χ0v) is 8.73. The topological polar surface area (TPSA) is 42.3 Å². The maximum absolute atomic E-state index is 9.81. The number of thiazole rings is 1. The van der Waals surface area contributed by atoms with E-state index in [4.69, 9.17) is 0 Å². The minimum atomic E-state index is 0.208. The molecule has 0 atom stereocenters. The first kappa shape index (κ1) is 11.2. The molecular formula is C8H14N2OS. The van der Waals surface area contributed by atoms with Crippen LogP contribution < -0.4 is 0 Å². The van der Waals surface area contributed by atoms with Crippen LogP contribution in [0.25, 0.3) is 0 Å². The molecule has 0 fully saturated rings. The van der Waals surface area contributed by atoms with Gasteiger partial charge in [0.2, 0.25) is 0 Å². The zero-order chi connectivity index (χ0) is 9.56. The second-order valence-corrected chi connectivity index (χ2v) is 3.32. The van der Waals surface area contributed by atoms with Crippen molar-refractivity contribution in [3.8, 4) is 0 Å². The maximum atomic E-state index is 9.81. The summed E-state index contributed by atoms with van der Waals surface area (Å²) in [5, 5.41) is 3.57. The molecule has 1 heterocycles. The average molecular weight is 186 g/mol. The van der Waals surface area contributed by atoms with Crippen molar-refractivity contribution < 1.29 is 0 Å². The summed E-state index contributed by atoms with van der Waals surface area (Å²) in [5.74, 6) is 0. The first-order valence-corrected chi connectivity index (χ1v) is 4.77. The summed E-state index contributed by atoms with van der Waals surface area (Å²) in [4.78, 5) is 15.1. The van der Waals surface area contributed by atoms with Crippen molar-refractivity contribution in [1.82, 2.24) is 4.98 Å². The normalized spacial score (nSPS) is 8.67. The molecule has 1 aromatic rings. The summed E-state index contributed by atoms with van der Waals surface area (Å²) < 4.78 is 0. The van der Waals surface area contributed by atoms with Gasteiger partial charge in [-0.25, -0.2) is 4.98 Å². The summed E-state index contributed by atoms with van der Waals surface area (Å²) >= 11 is 1.53. The third-order valence-electron chi connectivity index (χ3n) is 1.27. The van der Waals surface area contributed by atoms with Crippen LogP contribution in [0.15, 0.2) is 5.18 Å². The molecule has 0 unspecified atom stereocenters. The molecular weight excluding hydrogens is 172 g/mol. The van der Waals surface area contributed by atoms with E-state index in [0.29, 0.717) is 0 Å². The Kier molecular flexibility index (Phi) is 5.45. The number of hydrogen-bond donors (Lipinski definition) is 0. The number of hydrogen-bond acceptors (Lipinski definition) is 4. The molecule has 0 aliphatic rings. The van der Waals surface area contributed by atoms with Crippen LogP contribution in [-0.2, 0) is 6.54 Å². The van der Waals surface area contributed by atoms with Gasteiger partial charge in [-0.1, -0.05) is 19.0 Å². The Balaban J connectivity index is 0.000000561. The van der Waals surface area contributed by atoms with Crippen LogP contribution in [0.4, 0.5) is 0 Å². The lowest BCUT2D eigenvalue weighted by Gasteiger charge is -1.78. The fraction of sp³-hybridized carbons (Fsp3) is 0.625. The van der Waals surface area contributed by atoms with Crippen LogP contribution in [0.1, 0.15) is 29.4 Å². The van der Waals surface area contributed by atoms with E-state index < -0.39 is 0 Å². The van der Waals surface area contributed by atoms with E-state index in [9.17, 15) is 4.91 Å². The molecule has 0 N–H and O–H groups in total. The molecule has 68 valence electrons. The third-order valence-corrected chi connectivity index (χ3v) is 2.33. The molecule has 1 rings (SSSR count). The molecule has 0 bridgehead atoms. The smallest absolute Gasteiger partial charge is 0.133 e. The maximum Gasteiger partial charge on any atom is 0.133 e. The molecule has 1 aromatic heterocycles. The highest BCUT2D eigenvalue weighted by Crippen LogP contribution is 2.16. The predicted molar refractivity (Wildman–Crippen MR) is 52.4 cm³/mol. The second-order valence-electron chi connectivity index (χ2n) is 2.04. The van der Waals surface area contributed by atoms with E-state index in [2.05, 4.69) is 10.2 Å². The predicted octanol–water partition coefficient (Wildman–Crippen LogP) is 3.05. The number of nitrogens with zero attached hydrogens (tertiary/aromatic N) is 2. The van der Waals surface area contributed by atoms with Crippen LogP contribution >= 0.6 is 11.3 Å². The van der Waals surface area contributed by atoms with E-state index >= 15 is 0 Å². The Morgan fingerprint density at radius 3 is 2.33 bits per heavy atom. The molecule has 0 saturated heterocycles.